The largest absolute Gasteiger partial charge is 0.462 e. The van der Waals surface area contributed by atoms with Crippen LogP contribution in [0.5, 0.6) is 0 Å². The van der Waals surface area contributed by atoms with Crippen LogP contribution in [0.25, 0.3) is 28.1 Å². The number of nitrogens with zero attached hydrogens (tertiary/aromatic N) is 3. The third-order valence-electron chi connectivity index (χ3n) is 5.46. The maximum Gasteiger partial charge on any atom is 0.340 e. The number of amidine groups is 1. The quantitative estimate of drug-likeness (QED) is 0.221. The number of esters is 1. The van der Waals surface area contributed by atoms with Crippen molar-refractivity contribution >= 4 is 74.7 Å². The van der Waals surface area contributed by atoms with Crippen LogP contribution in [0.2, 0.25) is 10.0 Å². The summed E-state index contributed by atoms with van der Waals surface area (Å²) in [5, 5.41) is 4.63. The molecule has 1 aliphatic heterocycles. The van der Waals surface area contributed by atoms with Gasteiger partial charge in [-0.1, -0.05) is 35.3 Å². The van der Waals surface area contributed by atoms with Gasteiger partial charge in [0.2, 0.25) is 0 Å². The van der Waals surface area contributed by atoms with Crippen LogP contribution in [0.3, 0.4) is 0 Å². The molecule has 0 bridgehead atoms. The van der Waals surface area contributed by atoms with Crippen LogP contribution >= 0.6 is 35.0 Å². The van der Waals surface area contributed by atoms with Crippen molar-refractivity contribution in [1.29, 1.82) is 0 Å². The second-order valence-electron chi connectivity index (χ2n) is 7.83. The average molecular weight is 549 g/mol. The van der Waals surface area contributed by atoms with E-state index >= 15 is 0 Å². The van der Waals surface area contributed by atoms with Gasteiger partial charge in [-0.2, -0.15) is 0 Å². The Bertz CT molecular complexity index is 1590. The Labute approximate surface area is 226 Å². The van der Waals surface area contributed by atoms with E-state index in [9.17, 15) is 9.59 Å². The van der Waals surface area contributed by atoms with Gasteiger partial charge < -0.3 is 10.1 Å². The van der Waals surface area contributed by atoms with E-state index < -0.39 is 5.97 Å². The van der Waals surface area contributed by atoms with E-state index in [4.69, 9.17) is 27.9 Å². The molecule has 0 aliphatic carbocycles. The summed E-state index contributed by atoms with van der Waals surface area (Å²) in [6.07, 6.45) is 6.60. The molecule has 0 spiro atoms. The van der Waals surface area contributed by atoms with Crippen molar-refractivity contribution in [2.24, 2.45) is 4.99 Å². The van der Waals surface area contributed by atoms with Crippen molar-refractivity contribution in [2.75, 3.05) is 6.61 Å². The molecule has 1 amide bonds. The van der Waals surface area contributed by atoms with Crippen molar-refractivity contribution in [3.05, 3.63) is 93.2 Å². The van der Waals surface area contributed by atoms with Gasteiger partial charge in [-0.3, -0.25) is 14.8 Å². The fraction of sp³-hybridized carbons (Fsp3) is 0.0741. The number of carbonyl (C=O) groups is 2. The fourth-order valence-corrected chi connectivity index (χ4v) is 5.13. The maximum absolute atomic E-state index is 12.7. The first-order valence-electron chi connectivity index (χ1n) is 11.2. The Hall–Kier alpha value is -3.72. The summed E-state index contributed by atoms with van der Waals surface area (Å²) < 4.78 is 5.27. The zero-order valence-electron chi connectivity index (χ0n) is 19.4. The summed E-state index contributed by atoms with van der Waals surface area (Å²) in [7, 11) is 0. The van der Waals surface area contributed by atoms with Crippen LogP contribution in [-0.4, -0.2) is 33.6 Å². The molecule has 4 aromatic rings. The highest BCUT2D eigenvalue weighted by atomic mass is 35.5. The number of rotatable bonds is 5. The Morgan fingerprint density at radius 2 is 1.89 bits per heavy atom. The molecule has 10 heteroatoms. The third-order valence-corrected chi connectivity index (χ3v) is 6.98. The van der Waals surface area contributed by atoms with Crippen molar-refractivity contribution in [3.8, 4) is 11.1 Å². The monoisotopic (exact) mass is 548 g/mol. The van der Waals surface area contributed by atoms with E-state index in [0.29, 0.717) is 42.4 Å². The second kappa shape index (κ2) is 10.7. The molecule has 3 heterocycles. The number of aliphatic imine (C=N–C) groups is 1. The van der Waals surface area contributed by atoms with Gasteiger partial charge in [-0.25, -0.2) is 9.79 Å². The topological polar surface area (TPSA) is 93.5 Å². The van der Waals surface area contributed by atoms with Crippen molar-refractivity contribution in [2.45, 2.75) is 6.92 Å². The number of nitrogens with one attached hydrogen (secondary N) is 1. The molecule has 0 radical (unpaired) electrons. The molecular weight excluding hydrogens is 531 g/mol. The number of thioether (sulfide) groups is 1. The normalized spacial score (nSPS) is 15.4. The Kier molecular flexibility index (Phi) is 7.23. The van der Waals surface area contributed by atoms with Crippen molar-refractivity contribution in [3.63, 3.8) is 0 Å². The molecule has 2 aromatic heterocycles. The standard InChI is InChI=1S/C27H18Cl2N4O3S/c1-2-36-26(35)18-14-31-21-7-6-15(12-17(21)23(18)16-8-10-30-11-9-16)13-22-25(34)33-27(37-22)32-24-19(28)4-3-5-20(24)29/h3-14H,2H2,1H3,(H,32,33,34). The molecule has 7 nitrogen and oxygen atoms in total. The van der Waals surface area contributed by atoms with Gasteiger partial charge in [0.05, 0.1) is 32.6 Å². The van der Waals surface area contributed by atoms with Gasteiger partial charge in [0.1, 0.15) is 5.69 Å². The number of hydrogen-bond donors (Lipinski definition) is 1. The minimum Gasteiger partial charge on any atom is -0.462 e. The van der Waals surface area contributed by atoms with Gasteiger partial charge in [0.15, 0.2) is 5.17 Å². The lowest BCUT2D eigenvalue weighted by atomic mass is 9.96. The van der Waals surface area contributed by atoms with Crippen molar-refractivity contribution in [1.82, 2.24) is 15.3 Å². The highest BCUT2D eigenvalue weighted by molar-refractivity contribution is 8.18. The van der Waals surface area contributed by atoms with Gasteiger partial charge in [-0.05, 0) is 72.3 Å². The van der Waals surface area contributed by atoms with Gasteiger partial charge in [0.25, 0.3) is 5.91 Å². The first-order valence-corrected chi connectivity index (χ1v) is 12.8. The molecule has 1 fully saturated rings. The zero-order chi connectivity index (χ0) is 25.9. The Balaban J connectivity index is 1.57. The highest BCUT2D eigenvalue weighted by Crippen LogP contribution is 2.36. The predicted molar refractivity (Wildman–Crippen MR) is 148 cm³/mol. The van der Waals surface area contributed by atoms with Crippen LogP contribution in [0.15, 0.2) is 77.0 Å². The summed E-state index contributed by atoms with van der Waals surface area (Å²) in [6, 6.07) is 14.3. The molecule has 5 rings (SSSR count). The molecule has 1 N–H and O–H groups in total. The minimum atomic E-state index is -0.461. The van der Waals surface area contributed by atoms with Crippen molar-refractivity contribution < 1.29 is 14.3 Å². The number of para-hydroxylation sites is 1. The van der Waals surface area contributed by atoms with Gasteiger partial charge in [-0.15, -0.1) is 0 Å². The number of fused-ring (bicyclic) bond motifs is 1. The Morgan fingerprint density at radius 3 is 2.62 bits per heavy atom. The molecule has 1 saturated heterocycles. The number of benzene rings is 2. The summed E-state index contributed by atoms with van der Waals surface area (Å²) in [4.78, 5) is 38.9. The number of halogens is 2. The number of pyridine rings is 2. The van der Waals surface area contributed by atoms with Crippen LogP contribution in [0.1, 0.15) is 22.8 Å². The lowest BCUT2D eigenvalue weighted by Crippen LogP contribution is -2.19. The van der Waals surface area contributed by atoms with E-state index in [-0.39, 0.29) is 12.5 Å². The SMILES string of the molecule is CCOC(=O)c1cnc2ccc(C=C3SC(=Nc4c(Cl)cccc4Cl)NC3=O)cc2c1-c1ccncc1. The molecule has 37 heavy (non-hydrogen) atoms. The Morgan fingerprint density at radius 1 is 1.14 bits per heavy atom. The number of aromatic nitrogens is 2. The molecular formula is C27H18Cl2N4O3S. The molecule has 2 aromatic carbocycles. The number of hydrogen-bond acceptors (Lipinski definition) is 7. The molecule has 0 unspecified atom stereocenters. The first-order chi connectivity index (χ1) is 17.9. The van der Waals surface area contributed by atoms with E-state index in [2.05, 4.69) is 20.3 Å². The van der Waals surface area contributed by atoms with Crippen LogP contribution in [-0.2, 0) is 9.53 Å². The van der Waals surface area contributed by atoms with E-state index in [1.165, 1.54) is 18.0 Å². The lowest BCUT2D eigenvalue weighted by Gasteiger charge is -2.13. The molecule has 184 valence electrons. The number of amides is 1. The van der Waals surface area contributed by atoms with Crippen LogP contribution in [0, 0.1) is 0 Å². The van der Waals surface area contributed by atoms with Gasteiger partial charge in [0, 0.05) is 29.5 Å². The van der Waals surface area contributed by atoms with Crippen LogP contribution in [0.4, 0.5) is 5.69 Å². The van der Waals surface area contributed by atoms with Crippen LogP contribution < -0.4 is 5.32 Å². The summed E-state index contributed by atoms with van der Waals surface area (Å²) in [5.74, 6) is -0.753. The maximum atomic E-state index is 12.7. The lowest BCUT2D eigenvalue weighted by molar-refractivity contribution is -0.115. The number of ether oxygens (including phenoxy) is 1. The highest BCUT2D eigenvalue weighted by Gasteiger charge is 2.25. The smallest absolute Gasteiger partial charge is 0.340 e. The van der Waals surface area contributed by atoms with E-state index in [1.807, 2.05) is 30.3 Å². The summed E-state index contributed by atoms with van der Waals surface area (Å²) in [5.41, 5.74) is 3.67. The third kappa shape index (κ3) is 5.22. The molecule has 0 saturated carbocycles. The zero-order valence-corrected chi connectivity index (χ0v) is 21.7. The predicted octanol–water partition coefficient (Wildman–Crippen LogP) is 6.67. The van der Waals surface area contributed by atoms with E-state index in [0.717, 1.165) is 16.5 Å². The average Bonchev–Trinajstić information content (AvgIpc) is 3.24. The summed E-state index contributed by atoms with van der Waals surface area (Å²) >= 11 is 13.6. The molecule has 1 aliphatic rings. The minimum absolute atomic E-state index is 0.244. The first kappa shape index (κ1) is 25.0. The fourth-order valence-electron chi connectivity index (χ4n) is 3.82. The second-order valence-corrected chi connectivity index (χ2v) is 9.68. The number of carbonyl (C=O) groups excluding carboxylic acids is 2. The van der Waals surface area contributed by atoms with Gasteiger partial charge >= 0.3 is 5.97 Å². The summed E-state index contributed by atoms with van der Waals surface area (Å²) in [6.45, 7) is 2.00. The molecule has 0 atom stereocenters. The van der Waals surface area contributed by atoms with E-state index in [1.54, 1.807) is 43.6 Å².